The second-order valence-electron chi connectivity index (χ2n) is 7.48. The maximum Gasteiger partial charge on any atom is 0.410 e. The monoisotopic (exact) mass is 338 g/mol. The van der Waals surface area contributed by atoms with Crippen LogP contribution in [0.4, 0.5) is 4.79 Å². The van der Waals surface area contributed by atoms with E-state index in [4.69, 9.17) is 10.00 Å². The quantitative estimate of drug-likeness (QED) is 0.779. The van der Waals surface area contributed by atoms with Crippen molar-refractivity contribution in [1.29, 1.82) is 5.26 Å². The lowest BCUT2D eigenvalue weighted by Gasteiger charge is -2.44. The molecule has 0 saturated carbocycles. The molecular weight excluding hydrogens is 308 g/mol. The Balaban J connectivity index is 2.62. The highest BCUT2D eigenvalue weighted by Gasteiger charge is 2.35. The first-order valence-electron chi connectivity index (χ1n) is 8.39. The molecule has 136 valence electrons. The molecule has 1 fully saturated rings. The van der Waals surface area contributed by atoms with Crippen LogP contribution in [-0.2, 0) is 9.53 Å². The smallest absolute Gasteiger partial charge is 0.410 e. The van der Waals surface area contributed by atoms with E-state index in [1.807, 2.05) is 40.7 Å². The number of rotatable bonds is 4. The van der Waals surface area contributed by atoms with Crippen LogP contribution in [0.2, 0.25) is 0 Å². The third-order valence-corrected chi connectivity index (χ3v) is 4.06. The molecule has 1 aliphatic heterocycles. The van der Waals surface area contributed by atoms with Crippen molar-refractivity contribution in [2.75, 3.05) is 33.2 Å². The number of nitrogens with zero attached hydrogens (tertiary/aromatic N) is 4. The molecule has 0 aromatic heterocycles. The standard InChI is InChI=1S/C17H30N4O3/c1-13-10-20(16(23)24-17(3,4)5)11-14(2)21(13)12-15(22)19(6)9-7-8-18/h13-14H,7,9-12H2,1-6H3/t13-,14-/m1/s1. The lowest BCUT2D eigenvalue weighted by Crippen LogP contribution is -2.60. The van der Waals surface area contributed by atoms with E-state index in [2.05, 4.69) is 4.90 Å². The summed E-state index contributed by atoms with van der Waals surface area (Å²) in [4.78, 5) is 29.9. The average Bonchev–Trinajstić information content (AvgIpc) is 2.46. The van der Waals surface area contributed by atoms with Gasteiger partial charge in [0.15, 0.2) is 0 Å². The lowest BCUT2D eigenvalue weighted by molar-refractivity contribution is -0.133. The van der Waals surface area contributed by atoms with Crippen molar-refractivity contribution in [2.24, 2.45) is 0 Å². The van der Waals surface area contributed by atoms with Gasteiger partial charge in [-0.2, -0.15) is 5.26 Å². The number of ether oxygens (including phenoxy) is 1. The third kappa shape index (κ3) is 6.00. The summed E-state index contributed by atoms with van der Waals surface area (Å²) < 4.78 is 5.44. The van der Waals surface area contributed by atoms with Crippen molar-refractivity contribution in [2.45, 2.75) is 58.7 Å². The first-order valence-corrected chi connectivity index (χ1v) is 8.39. The number of likely N-dealkylation sites (N-methyl/N-ethyl adjacent to an activating group) is 1. The van der Waals surface area contributed by atoms with Gasteiger partial charge >= 0.3 is 6.09 Å². The highest BCUT2D eigenvalue weighted by molar-refractivity contribution is 5.78. The Morgan fingerprint density at radius 1 is 1.25 bits per heavy atom. The molecule has 0 aromatic rings. The Kier molecular flexibility index (Phi) is 7.03. The molecule has 0 unspecified atom stereocenters. The van der Waals surface area contributed by atoms with Crippen molar-refractivity contribution in [3.05, 3.63) is 0 Å². The summed E-state index contributed by atoms with van der Waals surface area (Å²) in [6.07, 6.45) is 0.0260. The lowest BCUT2D eigenvalue weighted by atomic mass is 10.1. The molecule has 0 N–H and O–H groups in total. The first kappa shape index (κ1) is 20.2. The molecule has 7 nitrogen and oxygen atoms in total. The molecule has 0 aromatic carbocycles. The number of amides is 2. The molecule has 2 amide bonds. The molecular formula is C17H30N4O3. The molecule has 0 spiro atoms. The van der Waals surface area contributed by atoms with E-state index in [1.54, 1.807) is 16.8 Å². The van der Waals surface area contributed by atoms with Gasteiger partial charge in [-0.25, -0.2) is 4.79 Å². The largest absolute Gasteiger partial charge is 0.444 e. The van der Waals surface area contributed by atoms with Crippen LogP contribution in [0.25, 0.3) is 0 Å². The predicted molar refractivity (Wildman–Crippen MR) is 91.3 cm³/mol. The fourth-order valence-electron chi connectivity index (χ4n) is 2.76. The van der Waals surface area contributed by atoms with Gasteiger partial charge in [0, 0.05) is 38.8 Å². The van der Waals surface area contributed by atoms with Crippen molar-refractivity contribution < 1.29 is 14.3 Å². The number of carbonyl (C=O) groups excluding carboxylic acids is 2. The highest BCUT2D eigenvalue weighted by Crippen LogP contribution is 2.18. The van der Waals surface area contributed by atoms with Crippen LogP contribution in [0.5, 0.6) is 0 Å². The van der Waals surface area contributed by atoms with Crippen molar-refractivity contribution in [3.8, 4) is 6.07 Å². The van der Waals surface area contributed by atoms with E-state index in [1.165, 1.54) is 0 Å². The fourth-order valence-corrected chi connectivity index (χ4v) is 2.76. The van der Waals surface area contributed by atoms with E-state index >= 15 is 0 Å². The molecule has 0 bridgehead atoms. The predicted octanol–water partition coefficient (Wildman–Crippen LogP) is 1.69. The zero-order valence-corrected chi connectivity index (χ0v) is 15.7. The summed E-state index contributed by atoms with van der Waals surface area (Å²) in [7, 11) is 1.71. The third-order valence-electron chi connectivity index (χ3n) is 4.06. The molecule has 24 heavy (non-hydrogen) atoms. The molecule has 1 rings (SSSR count). The normalized spacial score (nSPS) is 22.0. The van der Waals surface area contributed by atoms with Gasteiger partial charge in [-0.1, -0.05) is 0 Å². The summed E-state index contributed by atoms with van der Waals surface area (Å²) in [5.74, 6) is -0.00494. The molecule has 0 aliphatic carbocycles. The Labute approximate surface area is 145 Å². The molecule has 1 saturated heterocycles. The molecule has 1 heterocycles. The van der Waals surface area contributed by atoms with Crippen molar-refractivity contribution >= 4 is 12.0 Å². The minimum Gasteiger partial charge on any atom is -0.444 e. The highest BCUT2D eigenvalue weighted by atomic mass is 16.6. The van der Waals surface area contributed by atoms with E-state index in [-0.39, 0.29) is 24.1 Å². The topological polar surface area (TPSA) is 76.9 Å². The Hall–Kier alpha value is -1.81. The first-order chi connectivity index (χ1) is 11.0. The van der Waals surface area contributed by atoms with Gasteiger partial charge in [0.1, 0.15) is 5.60 Å². The molecule has 7 heteroatoms. The summed E-state index contributed by atoms with van der Waals surface area (Å²) in [6, 6.07) is 2.17. The van der Waals surface area contributed by atoms with Crippen LogP contribution in [-0.4, -0.2) is 77.6 Å². The van der Waals surface area contributed by atoms with E-state index in [0.29, 0.717) is 32.6 Å². The number of nitriles is 1. The summed E-state index contributed by atoms with van der Waals surface area (Å²) in [5.41, 5.74) is -0.514. The van der Waals surface area contributed by atoms with Crippen LogP contribution < -0.4 is 0 Å². The van der Waals surface area contributed by atoms with Crippen LogP contribution in [0.15, 0.2) is 0 Å². The van der Waals surface area contributed by atoms with Crippen LogP contribution in [0.1, 0.15) is 41.0 Å². The van der Waals surface area contributed by atoms with E-state index in [0.717, 1.165) is 0 Å². The fraction of sp³-hybridized carbons (Fsp3) is 0.824. The van der Waals surface area contributed by atoms with Crippen LogP contribution >= 0.6 is 0 Å². The van der Waals surface area contributed by atoms with E-state index < -0.39 is 5.60 Å². The van der Waals surface area contributed by atoms with Gasteiger partial charge in [-0.3, -0.25) is 9.69 Å². The van der Waals surface area contributed by atoms with Gasteiger partial charge in [-0.05, 0) is 34.6 Å². The number of carbonyl (C=O) groups is 2. The van der Waals surface area contributed by atoms with Gasteiger partial charge in [0.25, 0.3) is 0 Å². The van der Waals surface area contributed by atoms with Gasteiger partial charge in [-0.15, -0.1) is 0 Å². The van der Waals surface area contributed by atoms with Gasteiger partial charge in [0.2, 0.25) is 5.91 Å². The zero-order valence-electron chi connectivity index (χ0n) is 15.7. The Morgan fingerprint density at radius 3 is 2.25 bits per heavy atom. The summed E-state index contributed by atoms with van der Waals surface area (Å²) >= 11 is 0. The number of piperazine rings is 1. The second kappa shape index (κ2) is 8.34. The molecule has 0 radical (unpaired) electrons. The SMILES string of the molecule is C[C@@H]1CN(C(=O)OC(C)(C)C)C[C@@H](C)N1CC(=O)N(C)CCC#N. The van der Waals surface area contributed by atoms with Gasteiger partial charge < -0.3 is 14.5 Å². The minimum absolute atomic E-state index is 0.00494. The number of hydrogen-bond donors (Lipinski definition) is 0. The Bertz CT molecular complexity index is 483. The van der Waals surface area contributed by atoms with Crippen molar-refractivity contribution in [1.82, 2.24) is 14.7 Å². The maximum absolute atomic E-state index is 12.3. The molecule has 2 atom stereocenters. The number of hydrogen-bond acceptors (Lipinski definition) is 5. The van der Waals surface area contributed by atoms with Crippen LogP contribution in [0.3, 0.4) is 0 Å². The zero-order chi connectivity index (χ0) is 18.5. The molecule has 1 aliphatic rings. The Morgan fingerprint density at radius 2 is 1.79 bits per heavy atom. The van der Waals surface area contributed by atoms with E-state index in [9.17, 15) is 9.59 Å². The summed E-state index contributed by atoms with van der Waals surface area (Å²) in [5, 5.41) is 8.62. The minimum atomic E-state index is -0.514. The average molecular weight is 338 g/mol. The second-order valence-corrected chi connectivity index (χ2v) is 7.48. The maximum atomic E-state index is 12.3. The van der Waals surface area contributed by atoms with Crippen molar-refractivity contribution in [3.63, 3.8) is 0 Å². The van der Waals surface area contributed by atoms with Crippen LogP contribution in [0, 0.1) is 11.3 Å². The summed E-state index contributed by atoms with van der Waals surface area (Å²) in [6.45, 7) is 11.4. The van der Waals surface area contributed by atoms with Gasteiger partial charge in [0.05, 0.1) is 19.0 Å².